The molecular weight excluding hydrogens is 250 g/mol. The summed E-state index contributed by atoms with van der Waals surface area (Å²) < 4.78 is 0. The van der Waals surface area contributed by atoms with E-state index < -0.39 is 0 Å². The van der Waals surface area contributed by atoms with E-state index in [1.807, 2.05) is 21.6 Å². The van der Waals surface area contributed by atoms with Crippen LogP contribution in [0.3, 0.4) is 0 Å². The summed E-state index contributed by atoms with van der Waals surface area (Å²) in [5.41, 5.74) is 0. The third-order valence-electron chi connectivity index (χ3n) is 3.62. The zero-order valence-electron chi connectivity index (χ0n) is 10.6. The Hall–Kier alpha value is 0.170. The van der Waals surface area contributed by atoms with E-state index in [-0.39, 0.29) is 5.91 Å². The van der Waals surface area contributed by atoms with Gasteiger partial charge < -0.3 is 5.32 Å². The van der Waals surface area contributed by atoms with Gasteiger partial charge in [-0.05, 0) is 44.9 Å². The van der Waals surface area contributed by atoms with Crippen LogP contribution in [0.4, 0.5) is 0 Å². The summed E-state index contributed by atoms with van der Waals surface area (Å²) in [7, 11) is 4.04. The Bertz CT molecular complexity index is 250. The molecule has 2 aliphatic rings. The van der Waals surface area contributed by atoms with Crippen LogP contribution in [0.15, 0.2) is 0 Å². The Labute approximate surface area is 112 Å². The van der Waals surface area contributed by atoms with Crippen LogP contribution >= 0.6 is 21.6 Å². The summed E-state index contributed by atoms with van der Waals surface area (Å²) in [5, 5.41) is 3.98. The van der Waals surface area contributed by atoms with Crippen molar-refractivity contribution in [1.82, 2.24) is 5.32 Å². The van der Waals surface area contributed by atoms with E-state index >= 15 is 0 Å². The van der Waals surface area contributed by atoms with Crippen molar-refractivity contribution in [3.8, 4) is 0 Å². The van der Waals surface area contributed by atoms with E-state index in [1.165, 1.54) is 37.9 Å². The molecule has 1 aliphatic carbocycles. The van der Waals surface area contributed by atoms with E-state index in [0.29, 0.717) is 6.04 Å². The van der Waals surface area contributed by atoms with Gasteiger partial charge in [-0.3, -0.25) is 4.79 Å². The number of rotatable bonds is 7. The van der Waals surface area contributed by atoms with E-state index in [2.05, 4.69) is 12.2 Å². The third-order valence-corrected chi connectivity index (χ3v) is 6.63. The fourth-order valence-electron chi connectivity index (χ4n) is 2.26. The fourth-order valence-corrected chi connectivity index (χ4v) is 5.29. The molecule has 2 unspecified atom stereocenters. The lowest BCUT2D eigenvalue weighted by Gasteiger charge is -2.12. The molecule has 2 rings (SSSR count). The highest BCUT2D eigenvalue weighted by molar-refractivity contribution is 8.77. The van der Waals surface area contributed by atoms with Crippen LogP contribution in [0.25, 0.3) is 0 Å². The van der Waals surface area contributed by atoms with E-state index in [9.17, 15) is 4.79 Å². The van der Waals surface area contributed by atoms with Gasteiger partial charge in [-0.2, -0.15) is 0 Å². The molecule has 0 radical (unpaired) electrons. The van der Waals surface area contributed by atoms with Gasteiger partial charge in [0.15, 0.2) is 0 Å². The van der Waals surface area contributed by atoms with Gasteiger partial charge in [0.05, 0.1) is 0 Å². The first kappa shape index (κ1) is 13.6. The molecule has 17 heavy (non-hydrogen) atoms. The van der Waals surface area contributed by atoms with Crippen molar-refractivity contribution < 1.29 is 4.79 Å². The Kier molecular flexibility index (Phi) is 5.54. The van der Waals surface area contributed by atoms with Gasteiger partial charge in [0.2, 0.25) is 5.91 Å². The van der Waals surface area contributed by atoms with E-state index in [4.69, 9.17) is 0 Å². The maximum atomic E-state index is 11.7. The van der Waals surface area contributed by atoms with Crippen LogP contribution in [0.1, 0.15) is 51.9 Å². The van der Waals surface area contributed by atoms with Crippen molar-refractivity contribution in [2.24, 2.45) is 5.92 Å². The first-order valence-corrected chi connectivity index (χ1v) is 9.21. The van der Waals surface area contributed by atoms with Gasteiger partial charge >= 0.3 is 0 Å². The number of hydrogen-bond donors (Lipinski definition) is 1. The van der Waals surface area contributed by atoms with Crippen molar-refractivity contribution in [3.63, 3.8) is 0 Å². The number of hydrogen-bond acceptors (Lipinski definition) is 3. The van der Waals surface area contributed by atoms with Gasteiger partial charge in [-0.25, -0.2) is 0 Å². The Balaban J connectivity index is 1.47. The Morgan fingerprint density at radius 3 is 2.82 bits per heavy atom. The van der Waals surface area contributed by atoms with Crippen LogP contribution in [-0.4, -0.2) is 23.0 Å². The summed E-state index contributed by atoms with van der Waals surface area (Å²) in [6.07, 6.45) is 8.26. The molecule has 1 N–H and O–H groups in total. The van der Waals surface area contributed by atoms with Crippen molar-refractivity contribution in [2.45, 2.75) is 63.2 Å². The predicted octanol–water partition coefficient (Wildman–Crippen LogP) is 3.62. The van der Waals surface area contributed by atoms with Gasteiger partial charge in [0, 0.05) is 23.5 Å². The topological polar surface area (TPSA) is 29.1 Å². The summed E-state index contributed by atoms with van der Waals surface area (Å²) in [5.74, 6) is 2.35. The molecule has 0 spiro atoms. The summed E-state index contributed by atoms with van der Waals surface area (Å²) >= 11 is 0. The van der Waals surface area contributed by atoms with E-state index in [1.54, 1.807) is 0 Å². The third kappa shape index (κ3) is 5.12. The van der Waals surface area contributed by atoms with Crippen LogP contribution in [0.2, 0.25) is 0 Å². The monoisotopic (exact) mass is 273 g/mol. The lowest BCUT2D eigenvalue weighted by atomic mass is 10.1. The number of nitrogens with one attached hydrogen (secondary N) is 1. The number of carbonyl (C=O) groups is 1. The molecule has 2 atom stereocenters. The van der Waals surface area contributed by atoms with Crippen molar-refractivity contribution in [3.05, 3.63) is 0 Å². The molecule has 1 saturated carbocycles. The molecule has 2 nitrogen and oxygen atoms in total. The molecule has 1 aliphatic heterocycles. The molecule has 1 heterocycles. The highest BCUT2D eigenvalue weighted by Crippen LogP contribution is 2.39. The minimum absolute atomic E-state index is 0.262. The lowest BCUT2D eigenvalue weighted by Crippen LogP contribution is -2.33. The van der Waals surface area contributed by atoms with Gasteiger partial charge in [0.1, 0.15) is 0 Å². The Morgan fingerprint density at radius 2 is 2.18 bits per heavy atom. The molecule has 4 heteroatoms. The second-order valence-electron chi connectivity index (χ2n) is 5.27. The molecule has 1 amide bonds. The molecule has 0 aromatic heterocycles. The van der Waals surface area contributed by atoms with E-state index in [0.717, 1.165) is 24.0 Å². The van der Waals surface area contributed by atoms with Gasteiger partial charge in [0.25, 0.3) is 0 Å². The zero-order valence-corrected chi connectivity index (χ0v) is 12.2. The maximum absolute atomic E-state index is 11.7. The van der Waals surface area contributed by atoms with Crippen LogP contribution in [0.5, 0.6) is 0 Å². The van der Waals surface area contributed by atoms with Crippen LogP contribution in [0, 0.1) is 5.92 Å². The number of unbranched alkanes of at least 4 members (excludes halogenated alkanes) is 1. The number of amides is 1. The van der Waals surface area contributed by atoms with Crippen LogP contribution < -0.4 is 5.32 Å². The average Bonchev–Trinajstić information content (AvgIpc) is 3.03. The van der Waals surface area contributed by atoms with Crippen molar-refractivity contribution in [1.29, 1.82) is 0 Å². The smallest absolute Gasteiger partial charge is 0.220 e. The highest BCUT2D eigenvalue weighted by atomic mass is 33.1. The largest absolute Gasteiger partial charge is 0.353 e. The first-order chi connectivity index (χ1) is 8.25. The normalized spacial score (nSPS) is 25.8. The molecule has 1 saturated heterocycles. The van der Waals surface area contributed by atoms with Crippen molar-refractivity contribution in [2.75, 3.05) is 5.75 Å². The molecular formula is C13H23NOS2. The summed E-state index contributed by atoms with van der Waals surface area (Å²) in [4.78, 5) is 11.7. The van der Waals surface area contributed by atoms with Crippen LogP contribution in [-0.2, 0) is 4.79 Å². The first-order valence-electron chi connectivity index (χ1n) is 6.83. The minimum Gasteiger partial charge on any atom is -0.353 e. The minimum atomic E-state index is 0.262. The fraction of sp³-hybridized carbons (Fsp3) is 0.923. The lowest BCUT2D eigenvalue weighted by molar-refractivity contribution is -0.121. The molecule has 0 aromatic carbocycles. The standard InChI is InChI=1S/C13H23NOS2/c1-10(11-6-7-11)14-13(15)5-3-2-4-12-8-9-16-17-12/h10-12H,2-9H2,1H3,(H,14,15). The predicted molar refractivity (Wildman–Crippen MR) is 77.3 cm³/mol. The Morgan fingerprint density at radius 1 is 1.35 bits per heavy atom. The second kappa shape index (κ2) is 6.93. The molecule has 0 bridgehead atoms. The second-order valence-corrected chi connectivity index (χ2v) is 8.06. The highest BCUT2D eigenvalue weighted by Gasteiger charge is 2.28. The average molecular weight is 273 g/mol. The number of carbonyl (C=O) groups excluding carboxylic acids is 1. The summed E-state index contributed by atoms with van der Waals surface area (Å²) in [6.45, 7) is 2.14. The zero-order chi connectivity index (χ0) is 12.1. The molecule has 0 aromatic rings. The SMILES string of the molecule is CC(NC(=O)CCCCC1CCSS1)C1CC1. The quantitative estimate of drug-likeness (QED) is 0.567. The maximum Gasteiger partial charge on any atom is 0.220 e. The van der Waals surface area contributed by atoms with Gasteiger partial charge in [-0.15, -0.1) is 0 Å². The van der Waals surface area contributed by atoms with Gasteiger partial charge in [-0.1, -0.05) is 28.0 Å². The molecule has 2 fully saturated rings. The molecule has 98 valence electrons. The summed E-state index contributed by atoms with van der Waals surface area (Å²) in [6, 6.07) is 0.407. The van der Waals surface area contributed by atoms with Crippen molar-refractivity contribution >= 4 is 27.5 Å².